The van der Waals surface area contributed by atoms with Crippen LogP contribution in [0.2, 0.25) is 0 Å². The van der Waals surface area contributed by atoms with Crippen LogP contribution in [0, 0.1) is 0 Å². The smallest absolute Gasteiger partial charge is 0.277 e. The van der Waals surface area contributed by atoms with Crippen molar-refractivity contribution in [2.45, 2.75) is 13.8 Å². The number of rotatable bonds is 10. The maximum absolute atomic E-state index is 14.0. The molecule has 0 aliphatic heterocycles. The zero-order valence-electron chi connectivity index (χ0n) is 27.4. The molecule has 2 aromatic heterocycles. The van der Waals surface area contributed by atoms with Crippen LogP contribution in [-0.2, 0) is 0 Å². The van der Waals surface area contributed by atoms with Crippen molar-refractivity contribution >= 4 is 33.1 Å². The highest BCUT2D eigenvalue weighted by Crippen LogP contribution is 2.40. The number of aromatic nitrogens is 2. The number of nitrogens with zero attached hydrogens (tertiary/aromatic N) is 4. The first-order valence-corrected chi connectivity index (χ1v) is 16.8. The summed E-state index contributed by atoms with van der Waals surface area (Å²) < 4.78 is 3.38. The number of carbonyl (C=O) groups is 2. The Morgan fingerprint density at radius 2 is 0.837 bits per heavy atom. The normalized spacial score (nSPS) is 12.7. The van der Waals surface area contributed by atoms with Gasteiger partial charge in [-0.3, -0.25) is 19.2 Å². The molecule has 2 aliphatic rings. The molecular formula is C40H35N5O4. The Hall–Kier alpha value is -5.80. The van der Waals surface area contributed by atoms with Crippen molar-refractivity contribution < 1.29 is 9.59 Å². The first-order chi connectivity index (χ1) is 24.0. The molecule has 0 amide bonds. The number of fused-ring (bicyclic) bond motifs is 10. The molecule has 8 rings (SSSR count). The first-order valence-electron chi connectivity index (χ1n) is 16.8. The average molecular weight is 650 g/mol. The van der Waals surface area contributed by atoms with Crippen molar-refractivity contribution in [3.63, 3.8) is 0 Å². The van der Waals surface area contributed by atoms with Gasteiger partial charge in [-0.2, -0.15) is 0 Å². The van der Waals surface area contributed by atoms with Crippen LogP contribution in [0.1, 0.15) is 45.7 Å². The average Bonchev–Trinajstić information content (AvgIpc) is 3.60. The summed E-state index contributed by atoms with van der Waals surface area (Å²) in [7, 11) is 0. The zero-order valence-corrected chi connectivity index (χ0v) is 27.4. The molecule has 0 saturated carbocycles. The standard InChI is InChI=1S/C40H35N5O4/c1-3-42(44-35-27-15-7-9-17-29(27)37(46)33(35)25-13-5-11-19-31(25)39(44)48)23-21-41-22-24-43(4-2)45-36-28-16-8-10-18-30(28)38(47)34(36)26-14-6-12-20-32(26)40(45)49/h5-20,41H,3-4,21-24H2,1-2H3. The molecule has 2 heterocycles. The summed E-state index contributed by atoms with van der Waals surface area (Å²) in [5.74, 6) is -0.131. The van der Waals surface area contributed by atoms with E-state index in [4.69, 9.17) is 0 Å². The molecule has 0 atom stereocenters. The van der Waals surface area contributed by atoms with Gasteiger partial charge < -0.3 is 15.3 Å². The zero-order chi connectivity index (χ0) is 33.8. The molecule has 1 N–H and O–H groups in total. The predicted octanol–water partition coefficient (Wildman–Crippen LogP) is 4.94. The fourth-order valence-corrected chi connectivity index (χ4v) is 7.56. The number of ketones is 2. The predicted molar refractivity (Wildman–Crippen MR) is 194 cm³/mol. The largest absolute Gasteiger partial charge is 0.313 e. The molecule has 9 heteroatoms. The van der Waals surface area contributed by atoms with Crippen LogP contribution in [0.5, 0.6) is 0 Å². The Bertz CT molecular complexity index is 2290. The minimum absolute atomic E-state index is 0.0656. The summed E-state index contributed by atoms with van der Waals surface area (Å²) in [5, 5.41) is 9.86. The Balaban J connectivity index is 1.07. The Morgan fingerprint density at radius 1 is 0.490 bits per heavy atom. The van der Waals surface area contributed by atoms with Gasteiger partial charge in [0, 0.05) is 83.1 Å². The lowest BCUT2D eigenvalue weighted by Gasteiger charge is -2.30. The van der Waals surface area contributed by atoms with E-state index in [0.717, 1.165) is 11.1 Å². The molecule has 6 aromatic rings. The third-order valence-electron chi connectivity index (χ3n) is 9.83. The van der Waals surface area contributed by atoms with Gasteiger partial charge >= 0.3 is 0 Å². The molecule has 244 valence electrons. The van der Waals surface area contributed by atoms with E-state index in [1.165, 1.54) is 0 Å². The van der Waals surface area contributed by atoms with Crippen molar-refractivity contribution in [1.29, 1.82) is 0 Å². The number of likely N-dealkylation sites (N-methyl/N-ethyl adjacent to an activating group) is 2. The van der Waals surface area contributed by atoms with Crippen molar-refractivity contribution in [1.82, 2.24) is 14.7 Å². The molecule has 0 radical (unpaired) electrons. The summed E-state index contributed by atoms with van der Waals surface area (Å²) >= 11 is 0. The van der Waals surface area contributed by atoms with Crippen LogP contribution < -0.4 is 26.5 Å². The highest BCUT2D eigenvalue weighted by Gasteiger charge is 2.35. The minimum Gasteiger partial charge on any atom is -0.313 e. The third kappa shape index (κ3) is 4.57. The fraction of sp³-hybridized carbons (Fsp3) is 0.200. The lowest BCUT2D eigenvalue weighted by atomic mass is 10.0. The van der Waals surface area contributed by atoms with Gasteiger partial charge in [0.1, 0.15) is 0 Å². The van der Waals surface area contributed by atoms with E-state index in [1.54, 1.807) is 21.5 Å². The molecule has 4 aromatic carbocycles. The maximum Gasteiger partial charge on any atom is 0.277 e. The number of hydrogen-bond donors (Lipinski definition) is 1. The van der Waals surface area contributed by atoms with Crippen LogP contribution in [0.3, 0.4) is 0 Å². The minimum atomic E-state index is -0.155. The van der Waals surface area contributed by atoms with Crippen LogP contribution in [0.15, 0.2) is 107 Å². The van der Waals surface area contributed by atoms with Crippen LogP contribution in [-0.4, -0.2) is 60.2 Å². The van der Waals surface area contributed by atoms with Crippen molar-refractivity contribution in [3.8, 4) is 22.5 Å². The van der Waals surface area contributed by atoms with E-state index in [9.17, 15) is 19.2 Å². The van der Waals surface area contributed by atoms with Gasteiger partial charge in [-0.05, 0) is 26.0 Å². The summed E-state index contributed by atoms with van der Waals surface area (Å²) in [4.78, 5) is 55.4. The Labute approximate surface area is 282 Å². The molecular weight excluding hydrogens is 614 g/mol. The highest BCUT2D eigenvalue weighted by molar-refractivity contribution is 6.27. The molecule has 0 fully saturated rings. The second-order valence-electron chi connectivity index (χ2n) is 12.4. The summed E-state index contributed by atoms with van der Waals surface area (Å²) in [6.07, 6.45) is 0. The molecule has 9 nitrogen and oxygen atoms in total. The SMILES string of the molecule is CCN(CCNCCN(CC)n1c2c(c3ccccc3c1=O)C(=O)c1ccccc1-2)n1c2c(c3ccccc3c1=O)C(=O)c1ccccc1-2. The Kier molecular flexibility index (Phi) is 7.49. The van der Waals surface area contributed by atoms with E-state index in [2.05, 4.69) is 5.32 Å². The molecule has 0 saturated heterocycles. The van der Waals surface area contributed by atoms with Gasteiger partial charge in [0.2, 0.25) is 0 Å². The molecule has 49 heavy (non-hydrogen) atoms. The van der Waals surface area contributed by atoms with E-state index >= 15 is 0 Å². The van der Waals surface area contributed by atoms with E-state index < -0.39 is 0 Å². The lowest BCUT2D eigenvalue weighted by molar-refractivity contribution is 0.103. The first kappa shape index (κ1) is 30.5. The summed E-state index contributed by atoms with van der Waals surface area (Å²) in [6, 6.07) is 29.6. The lowest BCUT2D eigenvalue weighted by Crippen LogP contribution is -2.49. The second kappa shape index (κ2) is 12.0. The van der Waals surface area contributed by atoms with Crippen LogP contribution >= 0.6 is 0 Å². The molecule has 0 bridgehead atoms. The van der Waals surface area contributed by atoms with E-state index in [0.29, 0.717) is 94.5 Å². The van der Waals surface area contributed by atoms with Gasteiger partial charge in [0.25, 0.3) is 11.1 Å². The van der Waals surface area contributed by atoms with Crippen molar-refractivity contribution in [3.05, 3.63) is 140 Å². The number of benzene rings is 4. The highest BCUT2D eigenvalue weighted by atomic mass is 16.2. The van der Waals surface area contributed by atoms with Gasteiger partial charge in [-0.15, -0.1) is 0 Å². The third-order valence-corrected chi connectivity index (χ3v) is 9.83. The fourth-order valence-electron chi connectivity index (χ4n) is 7.56. The van der Waals surface area contributed by atoms with E-state index in [1.807, 2.05) is 109 Å². The van der Waals surface area contributed by atoms with Crippen molar-refractivity contribution in [2.24, 2.45) is 0 Å². The molecule has 0 unspecified atom stereocenters. The van der Waals surface area contributed by atoms with Gasteiger partial charge in [-0.25, -0.2) is 9.35 Å². The number of hydrogen-bond acceptors (Lipinski definition) is 7. The molecule has 0 spiro atoms. The molecule has 2 aliphatic carbocycles. The topological polar surface area (TPSA) is 96.7 Å². The summed E-state index contributed by atoms with van der Waals surface area (Å²) in [6.45, 7) is 7.24. The summed E-state index contributed by atoms with van der Waals surface area (Å²) in [5.41, 5.74) is 4.85. The van der Waals surface area contributed by atoms with Gasteiger partial charge in [-0.1, -0.05) is 84.9 Å². The number of carbonyl (C=O) groups excluding carboxylic acids is 2. The van der Waals surface area contributed by atoms with Crippen LogP contribution in [0.25, 0.3) is 44.1 Å². The quantitative estimate of drug-likeness (QED) is 0.210. The van der Waals surface area contributed by atoms with E-state index in [-0.39, 0.29) is 22.7 Å². The Morgan fingerprint density at radius 3 is 1.22 bits per heavy atom. The number of nitrogens with one attached hydrogen (secondary N) is 1. The van der Waals surface area contributed by atoms with Crippen LogP contribution in [0.4, 0.5) is 0 Å². The van der Waals surface area contributed by atoms with Gasteiger partial charge in [0.05, 0.1) is 22.5 Å². The van der Waals surface area contributed by atoms with Gasteiger partial charge in [0.15, 0.2) is 11.6 Å². The van der Waals surface area contributed by atoms with Crippen molar-refractivity contribution in [2.75, 3.05) is 49.3 Å². The number of pyridine rings is 2. The maximum atomic E-state index is 14.0. The second-order valence-corrected chi connectivity index (χ2v) is 12.4. The monoisotopic (exact) mass is 649 g/mol.